The van der Waals surface area contributed by atoms with E-state index in [4.69, 9.17) is 4.74 Å². The molecule has 0 amide bonds. The predicted molar refractivity (Wildman–Crippen MR) is 101 cm³/mol. The van der Waals surface area contributed by atoms with Gasteiger partial charge in [0.15, 0.2) is 6.10 Å². The first-order chi connectivity index (χ1) is 13.0. The van der Waals surface area contributed by atoms with Crippen molar-refractivity contribution in [2.45, 2.75) is 52.1 Å². The Hall–Kier alpha value is -2.43. The topological polar surface area (TPSA) is 76.2 Å². The maximum absolute atomic E-state index is 13.0. The Bertz CT molecular complexity index is 896. The molecule has 4 rings (SSSR count). The minimum atomic E-state index is -0.840. The molecule has 2 aromatic rings. The number of H-pyrrole nitrogens is 1. The first-order valence-electron chi connectivity index (χ1n) is 9.81. The number of Topliss-reactive ketones (excluding diaryl/α,β-unsaturated/α-hetero) is 2. The van der Waals surface area contributed by atoms with Crippen LogP contribution in [0.1, 0.15) is 55.1 Å². The van der Waals surface area contributed by atoms with Crippen molar-refractivity contribution in [1.29, 1.82) is 0 Å². The maximum Gasteiger partial charge on any atom is 0.309 e. The van der Waals surface area contributed by atoms with Crippen LogP contribution in [-0.2, 0) is 14.3 Å². The Morgan fingerprint density at radius 2 is 1.81 bits per heavy atom. The number of aryl methyl sites for hydroxylation is 1. The molecule has 1 aromatic carbocycles. The SMILES string of the molecule is Cc1[nH]c2ccccc2c1C(=O)C(C)OC(=O)C1CC2CCCC(C1)C2=O. The van der Waals surface area contributed by atoms with E-state index in [0.29, 0.717) is 24.2 Å². The third-order valence-corrected chi connectivity index (χ3v) is 6.18. The second-order valence-corrected chi connectivity index (χ2v) is 8.01. The standard InChI is InChI=1S/C22H25NO4/c1-12-19(17-8-3-4-9-18(17)23-12)20(24)13(2)27-22(26)16-10-14-6-5-7-15(11-16)21(14)25/h3-4,8-9,13-16,23H,5-7,10-11H2,1-2H3. The molecule has 5 heteroatoms. The number of benzene rings is 1. The number of nitrogens with one attached hydrogen (secondary N) is 1. The lowest BCUT2D eigenvalue weighted by Gasteiger charge is -2.36. The molecule has 2 aliphatic carbocycles. The van der Waals surface area contributed by atoms with Crippen molar-refractivity contribution in [3.8, 4) is 0 Å². The highest BCUT2D eigenvalue weighted by Crippen LogP contribution is 2.40. The summed E-state index contributed by atoms with van der Waals surface area (Å²) >= 11 is 0. The highest BCUT2D eigenvalue weighted by atomic mass is 16.5. The van der Waals surface area contributed by atoms with E-state index in [1.807, 2.05) is 31.2 Å². The highest BCUT2D eigenvalue weighted by Gasteiger charge is 2.42. The molecule has 2 saturated carbocycles. The second-order valence-electron chi connectivity index (χ2n) is 8.01. The number of rotatable bonds is 4. The minimum absolute atomic E-state index is 0.00285. The summed E-state index contributed by atoms with van der Waals surface area (Å²) in [7, 11) is 0. The number of aromatic nitrogens is 1. The molecule has 1 aromatic heterocycles. The van der Waals surface area contributed by atoms with Gasteiger partial charge in [-0.15, -0.1) is 0 Å². The Morgan fingerprint density at radius 1 is 1.15 bits per heavy atom. The third kappa shape index (κ3) is 3.20. The van der Waals surface area contributed by atoms with Crippen LogP contribution in [0.25, 0.3) is 10.9 Å². The zero-order valence-corrected chi connectivity index (χ0v) is 15.8. The number of ketones is 2. The highest BCUT2D eigenvalue weighted by molar-refractivity contribution is 6.11. The second kappa shape index (κ2) is 6.95. The van der Waals surface area contributed by atoms with E-state index in [2.05, 4.69) is 4.98 Å². The average molecular weight is 367 g/mol. The third-order valence-electron chi connectivity index (χ3n) is 6.18. The van der Waals surface area contributed by atoms with E-state index < -0.39 is 6.10 Å². The van der Waals surface area contributed by atoms with E-state index in [1.54, 1.807) is 6.92 Å². The molecular weight excluding hydrogens is 342 g/mol. The quantitative estimate of drug-likeness (QED) is 0.655. The van der Waals surface area contributed by atoms with Gasteiger partial charge in [-0.1, -0.05) is 24.6 Å². The Kier molecular flexibility index (Phi) is 4.62. The number of hydrogen-bond donors (Lipinski definition) is 1. The van der Waals surface area contributed by atoms with Crippen molar-refractivity contribution in [3.63, 3.8) is 0 Å². The van der Waals surface area contributed by atoms with Gasteiger partial charge in [-0.3, -0.25) is 14.4 Å². The van der Waals surface area contributed by atoms with Gasteiger partial charge in [0.25, 0.3) is 0 Å². The van der Waals surface area contributed by atoms with Gasteiger partial charge in [0, 0.05) is 34.0 Å². The molecule has 5 nitrogen and oxygen atoms in total. The van der Waals surface area contributed by atoms with E-state index in [1.165, 1.54) is 0 Å². The molecule has 1 N–H and O–H groups in total. The Labute approximate surface area is 158 Å². The summed E-state index contributed by atoms with van der Waals surface area (Å²) in [6.07, 6.45) is 3.12. The fourth-order valence-electron chi connectivity index (χ4n) is 4.79. The summed E-state index contributed by atoms with van der Waals surface area (Å²) in [5, 5.41) is 0.848. The van der Waals surface area contributed by atoms with Crippen molar-refractivity contribution in [1.82, 2.24) is 4.98 Å². The molecule has 3 unspecified atom stereocenters. The van der Waals surface area contributed by atoms with Gasteiger partial charge in [0.2, 0.25) is 5.78 Å². The van der Waals surface area contributed by atoms with E-state index >= 15 is 0 Å². The van der Waals surface area contributed by atoms with Crippen molar-refractivity contribution in [2.75, 3.05) is 0 Å². The van der Waals surface area contributed by atoms with Crippen LogP contribution in [0.15, 0.2) is 24.3 Å². The number of ether oxygens (including phenoxy) is 1. The largest absolute Gasteiger partial charge is 0.454 e. The summed E-state index contributed by atoms with van der Waals surface area (Å²) in [5.41, 5.74) is 2.26. The van der Waals surface area contributed by atoms with E-state index in [-0.39, 0.29) is 29.5 Å². The van der Waals surface area contributed by atoms with Crippen LogP contribution in [0.5, 0.6) is 0 Å². The molecule has 27 heavy (non-hydrogen) atoms. The summed E-state index contributed by atoms with van der Waals surface area (Å²) in [6.45, 7) is 3.49. The first-order valence-corrected chi connectivity index (χ1v) is 9.81. The van der Waals surface area contributed by atoms with Crippen LogP contribution in [0.3, 0.4) is 0 Å². The molecule has 0 saturated heterocycles. The van der Waals surface area contributed by atoms with Crippen molar-refractivity contribution >= 4 is 28.4 Å². The summed E-state index contributed by atoms with van der Waals surface area (Å²) in [5.74, 6) is -0.474. The van der Waals surface area contributed by atoms with Gasteiger partial charge in [-0.2, -0.15) is 0 Å². The van der Waals surface area contributed by atoms with E-state index in [0.717, 1.165) is 35.9 Å². The molecule has 0 radical (unpaired) electrons. The van der Waals surface area contributed by atoms with Crippen molar-refractivity contribution < 1.29 is 19.1 Å². The van der Waals surface area contributed by atoms with E-state index in [9.17, 15) is 14.4 Å². The molecule has 3 atom stereocenters. The molecule has 2 bridgehead atoms. The van der Waals surface area contributed by atoms with Gasteiger partial charge in [0.1, 0.15) is 5.78 Å². The van der Waals surface area contributed by atoms with Gasteiger partial charge < -0.3 is 9.72 Å². The van der Waals surface area contributed by atoms with Crippen LogP contribution in [0.4, 0.5) is 0 Å². The lowest BCUT2D eigenvalue weighted by atomic mass is 9.67. The smallest absolute Gasteiger partial charge is 0.309 e. The van der Waals surface area contributed by atoms with Gasteiger partial charge in [0.05, 0.1) is 5.92 Å². The monoisotopic (exact) mass is 367 g/mol. The fraction of sp³-hybridized carbons (Fsp3) is 0.500. The summed E-state index contributed by atoms with van der Waals surface area (Å²) < 4.78 is 5.57. The number of esters is 1. The predicted octanol–water partition coefficient (Wildman–Crippen LogP) is 3.99. The lowest BCUT2D eigenvalue weighted by molar-refractivity contribution is -0.155. The zero-order chi connectivity index (χ0) is 19.1. The number of hydrogen-bond acceptors (Lipinski definition) is 4. The van der Waals surface area contributed by atoms with Crippen LogP contribution in [-0.4, -0.2) is 28.6 Å². The summed E-state index contributed by atoms with van der Waals surface area (Å²) in [6, 6.07) is 7.63. The average Bonchev–Trinajstić information content (AvgIpc) is 2.96. The number of aromatic amines is 1. The fourth-order valence-corrected chi connectivity index (χ4v) is 4.79. The zero-order valence-electron chi connectivity index (χ0n) is 15.8. The van der Waals surface area contributed by atoms with Crippen molar-refractivity contribution in [3.05, 3.63) is 35.5 Å². The number of para-hydroxylation sites is 1. The van der Waals surface area contributed by atoms with Crippen LogP contribution < -0.4 is 0 Å². The molecule has 2 aliphatic rings. The molecule has 2 fully saturated rings. The first kappa shape index (κ1) is 18.0. The summed E-state index contributed by atoms with van der Waals surface area (Å²) in [4.78, 5) is 41.1. The Balaban J connectivity index is 1.47. The molecule has 142 valence electrons. The Morgan fingerprint density at radius 3 is 2.52 bits per heavy atom. The number of fused-ring (bicyclic) bond motifs is 3. The molecular formula is C22H25NO4. The van der Waals surface area contributed by atoms with Gasteiger partial charge >= 0.3 is 5.97 Å². The molecule has 0 spiro atoms. The van der Waals surface area contributed by atoms with Gasteiger partial charge in [-0.25, -0.2) is 0 Å². The molecule has 0 aliphatic heterocycles. The van der Waals surface area contributed by atoms with Crippen LogP contribution in [0.2, 0.25) is 0 Å². The van der Waals surface area contributed by atoms with Gasteiger partial charge in [-0.05, 0) is 45.6 Å². The maximum atomic E-state index is 13.0. The number of carbonyl (C=O) groups excluding carboxylic acids is 3. The van der Waals surface area contributed by atoms with Crippen LogP contribution >= 0.6 is 0 Å². The normalized spacial score (nSPS) is 26.0. The minimum Gasteiger partial charge on any atom is -0.454 e. The lowest BCUT2D eigenvalue weighted by Crippen LogP contribution is -2.40. The molecule has 1 heterocycles. The number of carbonyl (C=O) groups is 3. The van der Waals surface area contributed by atoms with Crippen LogP contribution in [0, 0.1) is 24.7 Å². The van der Waals surface area contributed by atoms with Crippen molar-refractivity contribution in [2.24, 2.45) is 17.8 Å².